The Morgan fingerprint density at radius 2 is 1.78 bits per heavy atom. The largest absolute Gasteiger partial charge is 0.506 e. The van der Waals surface area contributed by atoms with Gasteiger partial charge in [0.25, 0.3) is 5.91 Å². The van der Waals surface area contributed by atoms with E-state index in [1.807, 2.05) is 0 Å². The molecule has 0 saturated heterocycles. The van der Waals surface area contributed by atoms with Crippen LogP contribution in [0, 0.1) is 0 Å². The number of carbonyl (C=O) groups is 1. The molecule has 0 aromatic heterocycles. The number of benzene rings is 2. The van der Waals surface area contributed by atoms with E-state index in [4.69, 9.17) is 23.2 Å². The lowest BCUT2D eigenvalue weighted by Crippen LogP contribution is -2.12. The van der Waals surface area contributed by atoms with E-state index in [0.29, 0.717) is 10.7 Å². The monoisotopic (exact) mass is 281 g/mol. The number of para-hydroxylation sites is 2. The van der Waals surface area contributed by atoms with Gasteiger partial charge in [-0.25, -0.2) is 0 Å². The Bertz CT molecular complexity index is 599. The predicted octanol–water partition coefficient (Wildman–Crippen LogP) is 3.95. The Morgan fingerprint density at radius 1 is 1.06 bits per heavy atom. The standard InChI is InChI=1S/C13H9Cl2NO2/c14-9-5-3-4-8(12(9)15)13(18)16-10-6-1-2-7-11(10)17/h1-7,17H,(H,16,18). The van der Waals surface area contributed by atoms with Crippen LogP contribution in [0.1, 0.15) is 10.4 Å². The SMILES string of the molecule is O=C(Nc1ccccc1O)c1cccc(Cl)c1Cl. The summed E-state index contributed by atoms with van der Waals surface area (Å²) in [4.78, 5) is 12.0. The zero-order chi connectivity index (χ0) is 13.1. The molecule has 3 nitrogen and oxygen atoms in total. The highest BCUT2D eigenvalue weighted by atomic mass is 35.5. The van der Waals surface area contributed by atoms with Crippen molar-refractivity contribution in [3.05, 3.63) is 58.1 Å². The zero-order valence-electron chi connectivity index (χ0n) is 9.15. The molecule has 0 aliphatic heterocycles. The number of phenolic OH excluding ortho intramolecular Hbond substituents is 1. The first-order valence-corrected chi connectivity index (χ1v) is 5.88. The fourth-order valence-corrected chi connectivity index (χ4v) is 1.83. The Labute approximate surface area is 114 Å². The molecule has 18 heavy (non-hydrogen) atoms. The Hall–Kier alpha value is -1.71. The van der Waals surface area contributed by atoms with E-state index < -0.39 is 5.91 Å². The van der Waals surface area contributed by atoms with Crippen LogP contribution in [0.2, 0.25) is 10.0 Å². The van der Waals surface area contributed by atoms with Crippen molar-refractivity contribution >= 4 is 34.8 Å². The summed E-state index contributed by atoms with van der Waals surface area (Å²) in [6, 6.07) is 11.2. The number of amides is 1. The maximum absolute atomic E-state index is 12.0. The van der Waals surface area contributed by atoms with Gasteiger partial charge >= 0.3 is 0 Å². The lowest BCUT2D eigenvalue weighted by Gasteiger charge is -2.08. The van der Waals surface area contributed by atoms with Crippen LogP contribution < -0.4 is 5.32 Å². The molecular formula is C13H9Cl2NO2. The maximum atomic E-state index is 12.0. The summed E-state index contributed by atoms with van der Waals surface area (Å²) in [6.45, 7) is 0. The Kier molecular flexibility index (Phi) is 3.75. The second-order valence-electron chi connectivity index (χ2n) is 3.57. The second-order valence-corrected chi connectivity index (χ2v) is 4.36. The van der Waals surface area contributed by atoms with Gasteiger partial charge in [-0.1, -0.05) is 41.4 Å². The minimum absolute atomic E-state index is 0.0102. The third-order valence-electron chi connectivity index (χ3n) is 2.35. The van der Waals surface area contributed by atoms with Crippen molar-refractivity contribution in [1.82, 2.24) is 0 Å². The molecular weight excluding hydrogens is 273 g/mol. The van der Waals surface area contributed by atoms with Crippen LogP contribution in [0.15, 0.2) is 42.5 Å². The van der Waals surface area contributed by atoms with Crippen molar-refractivity contribution in [2.75, 3.05) is 5.32 Å². The molecule has 0 spiro atoms. The van der Waals surface area contributed by atoms with Gasteiger partial charge in [0, 0.05) is 0 Å². The number of rotatable bonds is 2. The summed E-state index contributed by atoms with van der Waals surface area (Å²) in [5, 5.41) is 12.6. The molecule has 0 aliphatic rings. The highest BCUT2D eigenvalue weighted by Crippen LogP contribution is 2.27. The smallest absolute Gasteiger partial charge is 0.257 e. The van der Waals surface area contributed by atoms with Crippen LogP contribution in [0.3, 0.4) is 0 Å². The molecule has 0 fully saturated rings. The van der Waals surface area contributed by atoms with E-state index in [1.54, 1.807) is 36.4 Å². The summed E-state index contributed by atoms with van der Waals surface area (Å²) in [5.74, 6) is -0.437. The lowest BCUT2D eigenvalue weighted by atomic mass is 10.2. The predicted molar refractivity (Wildman–Crippen MR) is 72.5 cm³/mol. The van der Waals surface area contributed by atoms with Gasteiger partial charge in [-0.15, -0.1) is 0 Å². The number of hydrogen-bond donors (Lipinski definition) is 2. The van der Waals surface area contributed by atoms with Crippen molar-refractivity contribution in [3.63, 3.8) is 0 Å². The minimum Gasteiger partial charge on any atom is -0.506 e. The number of halogens is 2. The van der Waals surface area contributed by atoms with E-state index in [1.165, 1.54) is 6.07 Å². The molecule has 2 aromatic carbocycles. The van der Waals surface area contributed by atoms with Gasteiger partial charge in [0.2, 0.25) is 0 Å². The fraction of sp³-hybridized carbons (Fsp3) is 0. The van der Waals surface area contributed by atoms with Gasteiger partial charge in [-0.3, -0.25) is 4.79 Å². The Morgan fingerprint density at radius 3 is 2.50 bits per heavy atom. The normalized spacial score (nSPS) is 10.1. The van der Waals surface area contributed by atoms with Crippen molar-refractivity contribution in [3.8, 4) is 5.75 Å². The summed E-state index contributed by atoms with van der Waals surface area (Å²) >= 11 is 11.8. The molecule has 2 aromatic rings. The van der Waals surface area contributed by atoms with E-state index in [9.17, 15) is 9.90 Å². The molecule has 92 valence electrons. The molecule has 5 heteroatoms. The zero-order valence-corrected chi connectivity index (χ0v) is 10.7. The van der Waals surface area contributed by atoms with E-state index >= 15 is 0 Å². The molecule has 0 aliphatic carbocycles. The first-order chi connectivity index (χ1) is 8.59. The summed E-state index contributed by atoms with van der Waals surface area (Å²) in [7, 11) is 0. The van der Waals surface area contributed by atoms with Crippen LogP contribution in [0.5, 0.6) is 5.75 Å². The molecule has 0 atom stereocenters. The van der Waals surface area contributed by atoms with Crippen molar-refractivity contribution in [1.29, 1.82) is 0 Å². The summed E-state index contributed by atoms with van der Waals surface area (Å²) in [5.41, 5.74) is 0.575. The Balaban J connectivity index is 2.28. The van der Waals surface area contributed by atoms with E-state index in [0.717, 1.165) is 0 Å². The number of anilines is 1. The number of aromatic hydroxyl groups is 1. The van der Waals surface area contributed by atoms with Gasteiger partial charge in [-0.2, -0.15) is 0 Å². The first-order valence-electron chi connectivity index (χ1n) is 5.13. The highest BCUT2D eigenvalue weighted by molar-refractivity contribution is 6.44. The van der Waals surface area contributed by atoms with Crippen LogP contribution in [-0.4, -0.2) is 11.0 Å². The van der Waals surface area contributed by atoms with Gasteiger partial charge in [0.1, 0.15) is 5.75 Å². The number of nitrogens with one attached hydrogen (secondary N) is 1. The molecule has 0 heterocycles. The summed E-state index contributed by atoms with van der Waals surface area (Å²) in [6.07, 6.45) is 0. The van der Waals surface area contributed by atoms with Crippen LogP contribution in [-0.2, 0) is 0 Å². The van der Waals surface area contributed by atoms with E-state index in [-0.39, 0.29) is 16.3 Å². The fourth-order valence-electron chi connectivity index (χ4n) is 1.45. The van der Waals surface area contributed by atoms with Crippen molar-refractivity contribution in [2.24, 2.45) is 0 Å². The topological polar surface area (TPSA) is 49.3 Å². The molecule has 2 rings (SSSR count). The molecule has 1 amide bonds. The molecule has 2 N–H and O–H groups in total. The molecule has 0 bridgehead atoms. The second kappa shape index (κ2) is 5.29. The molecule has 0 saturated carbocycles. The average Bonchev–Trinajstić information content (AvgIpc) is 2.35. The van der Waals surface area contributed by atoms with Crippen LogP contribution >= 0.6 is 23.2 Å². The third-order valence-corrected chi connectivity index (χ3v) is 3.17. The molecule has 0 radical (unpaired) electrons. The van der Waals surface area contributed by atoms with Gasteiger partial charge in [0.05, 0.1) is 21.3 Å². The summed E-state index contributed by atoms with van der Waals surface area (Å²) < 4.78 is 0. The van der Waals surface area contributed by atoms with Gasteiger partial charge < -0.3 is 10.4 Å². The number of hydrogen-bond acceptors (Lipinski definition) is 2. The van der Waals surface area contributed by atoms with E-state index in [2.05, 4.69) is 5.32 Å². The first kappa shape index (κ1) is 12.7. The van der Waals surface area contributed by atoms with Crippen LogP contribution in [0.4, 0.5) is 5.69 Å². The molecule has 0 unspecified atom stereocenters. The third kappa shape index (κ3) is 2.58. The maximum Gasteiger partial charge on any atom is 0.257 e. The van der Waals surface area contributed by atoms with Crippen molar-refractivity contribution < 1.29 is 9.90 Å². The van der Waals surface area contributed by atoms with Gasteiger partial charge in [0.15, 0.2) is 0 Å². The number of phenols is 1. The van der Waals surface area contributed by atoms with Gasteiger partial charge in [-0.05, 0) is 24.3 Å². The lowest BCUT2D eigenvalue weighted by molar-refractivity contribution is 0.102. The minimum atomic E-state index is -0.427. The highest BCUT2D eigenvalue weighted by Gasteiger charge is 2.13. The quantitative estimate of drug-likeness (QED) is 0.819. The van der Waals surface area contributed by atoms with Crippen LogP contribution in [0.25, 0.3) is 0 Å². The number of carbonyl (C=O) groups excluding carboxylic acids is 1. The average molecular weight is 282 g/mol. The van der Waals surface area contributed by atoms with Crippen molar-refractivity contribution in [2.45, 2.75) is 0 Å².